The molecule has 0 aliphatic heterocycles. The van der Waals surface area contributed by atoms with Gasteiger partial charge in [0.1, 0.15) is 11.5 Å². The molecule has 2 N–H and O–H groups in total. The van der Waals surface area contributed by atoms with E-state index in [1.165, 1.54) is 14.0 Å². The first kappa shape index (κ1) is 20.9. The van der Waals surface area contributed by atoms with Gasteiger partial charge in [0.15, 0.2) is 5.78 Å². The number of aromatic amines is 1. The largest absolute Gasteiger partial charge is 0.465 e. The number of aromatic nitrogens is 1. The van der Waals surface area contributed by atoms with Crippen LogP contribution in [0.2, 0.25) is 0 Å². The Morgan fingerprint density at radius 3 is 2.37 bits per heavy atom. The van der Waals surface area contributed by atoms with E-state index in [9.17, 15) is 14.4 Å². The number of H-pyrrole nitrogens is 1. The highest BCUT2D eigenvalue weighted by Crippen LogP contribution is 2.25. The molecular formula is C23H22N2O5. The fourth-order valence-corrected chi connectivity index (χ4v) is 3.15. The monoisotopic (exact) mass is 406 g/mol. The number of nitrogens with one attached hydrogen (secondary N) is 2. The predicted molar refractivity (Wildman–Crippen MR) is 112 cm³/mol. The second kappa shape index (κ2) is 9.09. The van der Waals surface area contributed by atoms with Gasteiger partial charge in [-0.15, -0.1) is 0 Å². The van der Waals surface area contributed by atoms with Crippen LogP contribution in [0.15, 0.2) is 54.6 Å². The van der Waals surface area contributed by atoms with Crippen LogP contribution in [0.3, 0.4) is 0 Å². The van der Waals surface area contributed by atoms with Crippen LogP contribution < -0.4 is 10.1 Å². The summed E-state index contributed by atoms with van der Waals surface area (Å²) in [7, 11) is 1.25. The number of carbonyl (C=O) groups excluding carboxylic acids is 3. The Labute approximate surface area is 174 Å². The summed E-state index contributed by atoms with van der Waals surface area (Å²) in [6, 6.07) is 16.3. The van der Waals surface area contributed by atoms with E-state index in [4.69, 9.17) is 9.47 Å². The van der Waals surface area contributed by atoms with Crippen LogP contribution in [-0.2, 0) is 16.0 Å². The van der Waals surface area contributed by atoms with Crippen LogP contribution in [0.25, 0.3) is 0 Å². The Morgan fingerprint density at radius 1 is 1.00 bits per heavy atom. The molecule has 0 aliphatic rings. The van der Waals surface area contributed by atoms with E-state index < -0.39 is 5.97 Å². The number of Topliss-reactive ketones (excluding diaryl/α,β-unsaturated/α-hetero) is 1. The van der Waals surface area contributed by atoms with Crippen LogP contribution in [0.4, 0.5) is 5.69 Å². The van der Waals surface area contributed by atoms with Crippen LogP contribution in [0, 0.1) is 6.92 Å². The minimum Gasteiger partial charge on any atom is -0.465 e. The molecule has 7 heteroatoms. The molecule has 0 atom stereocenters. The van der Waals surface area contributed by atoms with Crippen LogP contribution in [-0.4, -0.2) is 29.8 Å². The van der Waals surface area contributed by atoms with Crippen molar-refractivity contribution in [3.8, 4) is 11.5 Å². The molecule has 0 radical (unpaired) electrons. The molecule has 0 saturated heterocycles. The van der Waals surface area contributed by atoms with Gasteiger partial charge in [-0.3, -0.25) is 9.59 Å². The van der Waals surface area contributed by atoms with Crippen molar-refractivity contribution in [2.75, 3.05) is 12.4 Å². The molecule has 1 aromatic heterocycles. The lowest BCUT2D eigenvalue weighted by molar-refractivity contribution is -0.115. The Hall–Kier alpha value is -3.87. The molecule has 30 heavy (non-hydrogen) atoms. The molecule has 1 heterocycles. The van der Waals surface area contributed by atoms with Gasteiger partial charge in [-0.25, -0.2) is 4.79 Å². The minimum atomic E-state index is -0.600. The lowest BCUT2D eigenvalue weighted by Crippen LogP contribution is -2.17. The lowest BCUT2D eigenvalue weighted by atomic mass is 10.1. The van der Waals surface area contributed by atoms with Crippen LogP contribution >= 0.6 is 0 Å². The number of amides is 1. The number of carbonyl (C=O) groups is 3. The average Bonchev–Trinajstić information content (AvgIpc) is 3.04. The molecule has 0 unspecified atom stereocenters. The van der Waals surface area contributed by atoms with E-state index in [0.717, 1.165) is 0 Å². The van der Waals surface area contributed by atoms with Crippen molar-refractivity contribution in [2.24, 2.45) is 0 Å². The summed E-state index contributed by atoms with van der Waals surface area (Å²) in [5.41, 5.74) is 1.84. The molecular weight excluding hydrogens is 384 g/mol. The van der Waals surface area contributed by atoms with Gasteiger partial charge in [-0.2, -0.15) is 0 Å². The van der Waals surface area contributed by atoms with E-state index in [0.29, 0.717) is 28.4 Å². The second-order valence-electron chi connectivity index (χ2n) is 6.69. The van der Waals surface area contributed by atoms with E-state index in [1.807, 2.05) is 30.3 Å². The number of esters is 1. The van der Waals surface area contributed by atoms with Gasteiger partial charge >= 0.3 is 5.97 Å². The van der Waals surface area contributed by atoms with Crippen molar-refractivity contribution in [3.05, 3.63) is 77.1 Å². The first-order valence-electron chi connectivity index (χ1n) is 9.32. The van der Waals surface area contributed by atoms with E-state index in [-0.39, 0.29) is 29.4 Å². The minimum absolute atomic E-state index is 0.123. The fraction of sp³-hybridized carbons (Fsp3) is 0.174. The Bertz CT molecular complexity index is 1090. The van der Waals surface area contributed by atoms with Gasteiger partial charge in [0.25, 0.3) is 0 Å². The molecule has 0 fully saturated rings. The van der Waals surface area contributed by atoms with Crippen molar-refractivity contribution in [2.45, 2.75) is 20.3 Å². The Balaban J connectivity index is 1.76. The van der Waals surface area contributed by atoms with Crippen LogP contribution in [0.1, 0.15) is 39.0 Å². The molecule has 7 nitrogen and oxygen atoms in total. The van der Waals surface area contributed by atoms with Crippen LogP contribution in [0.5, 0.6) is 11.5 Å². The first-order chi connectivity index (χ1) is 14.4. The SMILES string of the molecule is COC(=O)c1c(CC(=O)Nc2cccc(Oc3ccccc3)c2)[nH]c(C(C)=O)c1C. The lowest BCUT2D eigenvalue weighted by Gasteiger charge is -2.09. The molecule has 0 spiro atoms. The summed E-state index contributed by atoms with van der Waals surface area (Å²) in [4.78, 5) is 39.4. The molecule has 0 aliphatic carbocycles. The van der Waals surface area contributed by atoms with Gasteiger partial charge in [-0.05, 0) is 36.8 Å². The number of benzene rings is 2. The molecule has 2 aromatic carbocycles. The third kappa shape index (κ3) is 4.75. The van der Waals surface area contributed by atoms with Crippen molar-refractivity contribution in [3.63, 3.8) is 0 Å². The fourth-order valence-electron chi connectivity index (χ4n) is 3.15. The maximum Gasteiger partial charge on any atom is 0.339 e. The average molecular weight is 406 g/mol. The highest BCUT2D eigenvalue weighted by atomic mass is 16.5. The first-order valence-corrected chi connectivity index (χ1v) is 9.32. The number of hydrogen-bond acceptors (Lipinski definition) is 5. The number of ether oxygens (including phenoxy) is 2. The summed E-state index contributed by atoms with van der Waals surface area (Å²) in [5, 5.41) is 2.78. The highest BCUT2D eigenvalue weighted by molar-refractivity contribution is 6.02. The van der Waals surface area contributed by atoms with Crippen molar-refractivity contribution in [1.29, 1.82) is 0 Å². The summed E-state index contributed by atoms with van der Waals surface area (Å²) in [6.07, 6.45) is -0.123. The van der Waals surface area contributed by atoms with Gasteiger partial charge in [-0.1, -0.05) is 24.3 Å². The molecule has 0 bridgehead atoms. The van der Waals surface area contributed by atoms with E-state index in [1.54, 1.807) is 31.2 Å². The van der Waals surface area contributed by atoms with Gasteiger partial charge in [0.05, 0.1) is 24.8 Å². The third-order valence-corrected chi connectivity index (χ3v) is 4.50. The molecule has 154 valence electrons. The zero-order chi connectivity index (χ0) is 21.7. The molecule has 1 amide bonds. The number of rotatable bonds is 7. The van der Waals surface area contributed by atoms with Crippen molar-refractivity contribution in [1.82, 2.24) is 4.98 Å². The number of methoxy groups -OCH3 is 1. The third-order valence-electron chi connectivity index (χ3n) is 4.50. The van der Waals surface area contributed by atoms with Gasteiger partial charge < -0.3 is 19.8 Å². The Morgan fingerprint density at radius 2 is 1.70 bits per heavy atom. The quantitative estimate of drug-likeness (QED) is 0.451. The number of hydrogen-bond donors (Lipinski definition) is 2. The molecule has 3 aromatic rings. The zero-order valence-corrected chi connectivity index (χ0v) is 16.9. The van der Waals surface area contributed by atoms with Crippen molar-refractivity contribution < 1.29 is 23.9 Å². The molecule has 0 saturated carbocycles. The smallest absolute Gasteiger partial charge is 0.339 e. The second-order valence-corrected chi connectivity index (χ2v) is 6.69. The summed E-state index contributed by atoms with van der Waals surface area (Å²) < 4.78 is 10.6. The number of para-hydroxylation sites is 1. The molecule has 3 rings (SSSR count). The van der Waals surface area contributed by atoms with Crippen molar-refractivity contribution >= 4 is 23.3 Å². The normalized spacial score (nSPS) is 10.4. The summed E-state index contributed by atoms with van der Waals surface area (Å²) in [6.45, 7) is 3.03. The van der Waals surface area contributed by atoms with E-state index in [2.05, 4.69) is 10.3 Å². The summed E-state index contributed by atoms with van der Waals surface area (Å²) in [5.74, 6) is 0.0758. The Kier molecular flexibility index (Phi) is 6.32. The van der Waals surface area contributed by atoms with Gasteiger partial charge in [0, 0.05) is 24.4 Å². The highest BCUT2D eigenvalue weighted by Gasteiger charge is 2.24. The van der Waals surface area contributed by atoms with Gasteiger partial charge in [0.2, 0.25) is 5.91 Å². The topological polar surface area (TPSA) is 97.5 Å². The zero-order valence-electron chi connectivity index (χ0n) is 16.9. The number of anilines is 1. The maximum absolute atomic E-state index is 12.6. The summed E-state index contributed by atoms with van der Waals surface area (Å²) >= 11 is 0. The predicted octanol–water partition coefficient (Wildman–Crippen LogP) is 4.29. The maximum atomic E-state index is 12.6. The standard InChI is InChI=1S/C23H22N2O5/c1-14-21(23(28)29-3)19(25-22(14)15(2)26)13-20(27)24-16-8-7-11-18(12-16)30-17-9-5-4-6-10-17/h4-12,25H,13H2,1-3H3,(H,24,27). The van der Waals surface area contributed by atoms with E-state index >= 15 is 0 Å². The number of ketones is 1.